The second kappa shape index (κ2) is 8.70. The van der Waals surface area contributed by atoms with Crippen molar-refractivity contribution in [2.45, 2.75) is 6.42 Å². The highest BCUT2D eigenvalue weighted by Gasteiger charge is 2.08. The Balaban J connectivity index is 1.63. The summed E-state index contributed by atoms with van der Waals surface area (Å²) in [6.07, 6.45) is 3.29. The number of hydrogen-bond acceptors (Lipinski definition) is 6. The summed E-state index contributed by atoms with van der Waals surface area (Å²) in [6, 6.07) is 8.32. The molecule has 0 aliphatic heterocycles. The van der Waals surface area contributed by atoms with Gasteiger partial charge in [0.25, 0.3) is 5.91 Å². The first-order valence-electron chi connectivity index (χ1n) is 6.85. The number of benzene rings is 1. The fourth-order valence-corrected chi connectivity index (χ4v) is 1.74. The summed E-state index contributed by atoms with van der Waals surface area (Å²) in [5.74, 6) is -0.472. The molecule has 0 unspecified atom stereocenters. The molecule has 1 amide bonds. The Labute approximate surface area is 138 Å². The molecule has 0 radical (unpaired) electrons. The van der Waals surface area contributed by atoms with E-state index in [9.17, 15) is 9.59 Å². The summed E-state index contributed by atoms with van der Waals surface area (Å²) in [4.78, 5) is 31.1. The largest absolute Gasteiger partial charge is 0.456 e. The number of nitrogens with one attached hydrogen (secondary N) is 2. The van der Waals surface area contributed by atoms with Gasteiger partial charge in [-0.2, -0.15) is 0 Å². The lowest BCUT2D eigenvalue weighted by Crippen LogP contribution is -2.22. The smallest absolute Gasteiger partial charge is 0.308 e. The lowest BCUT2D eigenvalue weighted by atomic mass is 10.3. The Morgan fingerprint density at radius 3 is 2.52 bits per heavy atom. The predicted molar refractivity (Wildman–Crippen MR) is 86.2 cm³/mol. The second-order valence-corrected chi connectivity index (χ2v) is 4.90. The number of esters is 1. The van der Waals surface area contributed by atoms with Gasteiger partial charge < -0.3 is 15.4 Å². The van der Waals surface area contributed by atoms with Gasteiger partial charge in [0, 0.05) is 29.6 Å². The molecule has 2 N–H and O–H groups in total. The Morgan fingerprint density at radius 2 is 1.83 bits per heavy atom. The number of carbonyl (C=O) groups is 2. The molecule has 2 aromatic rings. The van der Waals surface area contributed by atoms with Gasteiger partial charge in [0.2, 0.25) is 5.95 Å². The van der Waals surface area contributed by atoms with Crippen LogP contribution in [0.5, 0.6) is 0 Å². The van der Waals surface area contributed by atoms with Crippen LogP contribution >= 0.6 is 11.6 Å². The maximum atomic E-state index is 11.6. The molecule has 0 aliphatic carbocycles. The number of amides is 1. The van der Waals surface area contributed by atoms with Crippen LogP contribution in [-0.4, -0.2) is 35.0 Å². The van der Waals surface area contributed by atoms with Crippen LogP contribution in [0.25, 0.3) is 0 Å². The minimum absolute atomic E-state index is 0.104. The topological polar surface area (TPSA) is 93.2 Å². The fraction of sp³-hybridized carbons (Fsp3) is 0.200. The van der Waals surface area contributed by atoms with Crippen molar-refractivity contribution >= 4 is 35.1 Å². The third-order valence-electron chi connectivity index (χ3n) is 2.67. The molecule has 1 aromatic heterocycles. The highest BCUT2D eigenvalue weighted by molar-refractivity contribution is 6.30. The first kappa shape index (κ1) is 16.7. The minimum atomic E-state index is -0.486. The van der Waals surface area contributed by atoms with Crippen molar-refractivity contribution in [3.05, 3.63) is 47.7 Å². The van der Waals surface area contributed by atoms with Gasteiger partial charge in [-0.05, 0) is 30.3 Å². The number of rotatable bonds is 7. The lowest BCUT2D eigenvalue weighted by molar-refractivity contribution is -0.147. The lowest BCUT2D eigenvalue weighted by Gasteiger charge is -2.07. The quantitative estimate of drug-likeness (QED) is 0.753. The maximum Gasteiger partial charge on any atom is 0.308 e. The number of hydrogen-bond donors (Lipinski definition) is 2. The Kier molecular flexibility index (Phi) is 6.31. The van der Waals surface area contributed by atoms with Crippen LogP contribution < -0.4 is 10.6 Å². The molecule has 7 nitrogen and oxygen atoms in total. The fourth-order valence-electron chi connectivity index (χ4n) is 1.62. The standard InChI is InChI=1S/C15H15ClN4O3/c16-11-2-4-12(5-3-11)20-13(21)10-23-14(22)6-9-19-15-17-7-1-8-18-15/h1-5,7-8H,6,9-10H2,(H,20,21)(H,17,18,19). The number of nitrogens with zero attached hydrogens (tertiary/aromatic N) is 2. The molecule has 0 spiro atoms. The zero-order chi connectivity index (χ0) is 16.5. The van der Waals surface area contributed by atoms with Crippen molar-refractivity contribution in [3.63, 3.8) is 0 Å². The van der Waals surface area contributed by atoms with Crippen LogP contribution in [0.1, 0.15) is 6.42 Å². The van der Waals surface area contributed by atoms with Gasteiger partial charge in [-0.15, -0.1) is 0 Å². The van der Waals surface area contributed by atoms with Crippen molar-refractivity contribution < 1.29 is 14.3 Å². The van der Waals surface area contributed by atoms with Gasteiger partial charge in [0.1, 0.15) is 0 Å². The van der Waals surface area contributed by atoms with Crippen LogP contribution in [0, 0.1) is 0 Å². The minimum Gasteiger partial charge on any atom is -0.456 e. The molecule has 0 aliphatic rings. The van der Waals surface area contributed by atoms with E-state index in [0.717, 1.165) is 0 Å². The van der Waals surface area contributed by atoms with E-state index < -0.39 is 11.9 Å². The number of aromatic nitrogens is 2. The summed E-state index contributed by atoms with van der Waals surface area (Å²) in [6.45, 7) is -0.0229. The van der Waals surface area contributed by atoms with Gasteiger partial charge in [-0.1, -0.05) is 11.6 Å². The number of ether oxygens (including phenoxy) is 1. The highest BCUT2D eigenvalue weighted by atomic mass is 35.5. The van der Waals surface area contributed by atoms with Gasteiger partial charge in [-0.3, -0.25) is 9.59 Å². The molecule has 0 saturated carbocycles. The van der Waals surface area contributed by atoms with Crippen molar-refractivity contribution in [2.75, 3.05) is 23.8 Å². The van der Waals surface area contributed by atoms with Crippen molar-refractivity contribution in [1.82, 2.24) is 9.97 Å². The number of anilines is 2. The first-order chi connectivity index (χ1) is 11.1. The molecule has 8 heteroatoms. The molecular weight excluding hydrogens is 320 g/mol. The predicted octanol–water partition coefficient (Wildman–Crippen LogP) is 2.11. The van der Waals surface area contributed by atoms with Gasteiger partial charge in [0.05, 0.1) is 6.42 Å². The molecule has 0 saturated heterocycles. The number of carbonyl (C=O) groups excluding carboxylic acids is 2. The van der Waals surface area contributed by atoms with Crippen LogP contribution in [0.15, 0.2) is 42.7 Å². The second-order valence-electron chi connectivity index (χ2n) is 4.46. The van der Waals surface area contributed by atoms with E-state index in [4.69, 9.17) is 16.3 Å². The van der Waals surface area contributed by atoms with Gasteiger partial charge >= 0.3 is 5.97 Å². The molecule has 1 heterocycles. The van der Waals surface area contributed by atoms with E-state index in [1.54, 1.807) is 42.7 Å². The highest BCUT2D eigenvalue weighted by Crippen LogP contribution is 2.13. The van der Waals surface area contributed by atoms with E-state index in [-0.39, 0.29) is 13.0 Å². The Hall–Kier alpha value is -2.67. The van der Waals surface area contributed by atoms with E-state index in [0.29, 0.717) is 23.2 Å². The normalized spacial score (nSPS) is 9.96. The summed E-state index contributed by atoms with van der Waals surface area (Å²) >= 11 is 5.75. The van der Waals surface area contributed by atoms with Crippen molar-refractivity contribution in [2.24, 2.45) is 0 Å². The molecule has 2 rings (SSSR count). The Bertz CT molecular complexity index is 650. The maximum absolute atomic E-state index is 11.6. The zero-order valence-electron chi connectivity index (χ0n) is 12.2. The SMILES string of the molecule is O=C(COC(=O)CCNc1ncccn1)Nc1ccc(Cl)cc1. The van der Waals surface area contributed by atoms with Crippen molar-refractivity contribution in [1.29, 1.82) is 0 Å². The van der Waals surface area contributed by atoms with Crippen LogP contribution in [0.4, 0.5) is 11.6 Å². The van der Waals surface area contributed by atoms with E-state index >= 15 is 0 Å². The molecule has 23 heavy (non-hydrogen) atoms. The molecular formula is C15H15ClN4O3. The molecule has 0 atom stereocenters. The molecule has 0 fully saturated rings. The summed E-state index contributed by atoms with van der Waals surface area (Å²) in [5.41, 5.74) is 0.582. The molecule has 120 valence electrons. The Morgan fingerprint density at radius 1 is 1.13 bits per heavy atom. The molecule has 1 aromatic carbocycles. The molecule has 0 bridgehead atoms. The summed E-state index contributed by atoms with van der Waals surface area (Å²) in [5, 5.41) is 6.04. The summed E-state index contributed by atoms with van der Waals surface area (Å²) < 4.78 is 4.88. The average Bonchev–Trinajstić information content (AvgIpc) is 2.56. The zero-order valence-corrected chi connectivity index (χ0v) is 12.9. The van der Waals surface area contributed by atoms with E-state index in [1.165, 1.54) is 0 Å². The van der Waals surface area contributed by atoms with E-state index in [1.807, 2.05) is 0 Å². The van der Waals surface area contributed by atoms with Crippen LogP contribution in [0.3, 0.4) is 0 Å². The van der Waals surface area contributed by atoms with Gasteiger partial charge in [0.15, 0.2) is 6.61 Å². The van der Waals surface area contributed by atoms with Crippen LogP contribution in [0.2, 0.25) is 5.02 Å². The van der Waals surface area contributed by atoms with Gasteiger partial charge in [-0.25, -0.2) is 9.97 Å². The first-order valence-corrected chi connectivity index (χ1v) is 7.23. The van der Waals surface area contributed by atoms with Crippen molar-refractivity contribution in [3.8, 4) is 0 Å². The number of halogens is 1. The summed E-state index contributed by atoms with van der Waals surface area (Å²) in [7, 11) is 0. The van der Waals surface area contributed by atoms with E-state index in [2.05, 4.69) is 20.6 Å². The van der Waals surface area contributed by atoms with Crippen LogP contribution in [-0.2, 0) is 14.3 Å². The third kappa shape index (κ3) is 6.31. The average molecular weight is 335 g/mol. The monoisotopic (exact) mass is 334 g/mol. The third-order valence-corrected chi connectivity index (χ3v) is 2.92.